The minimum absolute atomic E-state index is 0.106. The maximum atomic E-state index is 13.6. The van der Waals surface area contributed by atoms with Crippen molar-refractivity contribution >= 4 is 22.5 Å². The Kier molecular flexibility index (Phi) is 6.26. The normalized spacial score (nSPS) is 10.9. The maximum absolute atomic E-state index is 13.6. The Hall–Kier alpha value is -3.94. The van der Waals surface area contributed by atoms with Gasteiger partial charge < -0.3 is 23.7 Å². The van der Waals surface area contributed by atoms with Crippen LogP contribution in [0.25, 0.3) is 10.9 Å². The van der Waals surface area contributed by atoms with Gasteiger partial charge in [-0.25, -0.2) is 0 Å². The van der Waals surface area contributed by atoms with E-state index in [-0.39, 0.29) is 12.5 Å². The Morgan fingerprint density at radius 3 is 2.33 bits per heavy atom. The lowest BCUT2D eigenvalue weighted by Gasteiger charge is -2.25. The molecule has 0 aliphatic carbocycles. The molecule has 1 amide bonds. The molecule has 0 saturated carbocycles. The van der Waals surface area contributed by atoms with Crippen LogP contribution in [0.1, 0.15) is 11.1 Å². The van der Waals surface area contributed by atoms with Gasteiger partial charge in [0.25, 0.3) is 0 Å². The first-order valence-corrected chi connectivity index (χ1v) is 10.6. The number of ether oxygens (including phenoxy) is 3. The lowest BCUT2D eigenvalue weighted by molar-refractivity contribution is -0.119. The van der Waals surface area contributed by atoms with Crippen LogP contribution in [0, 0.1) is 6.92 Å². The zero-order valence-corrected chi connectivity index (χ0v) is 19.5. The Balaban J connectivity index is 1.79. The third kappa shape index (κ3) is 4.37. The summed E-state index contributed by atoms with van der Waals surface area (Å²) < 4.78 is 20.2. The number of hydrogen-bond acceptors (Lipinski definition) is 5. The molecular weight excluding hydrogens is 420 g/mol. The second-order valence-corrected chi connectivity index (χ2v) is 7.86. The predicted molar refractivity (Wildman–Crippen MR) is 127 cm³/mol. The van der Waals surface area contributed by atoms with Crippen LogP contribution < -0.4 is 19.1 Å². The van der Waals surface area contributed by atoms with E-state index >= 15 is 0 Å². The molecule has 2 heterocycles. The first-order chi connectivity index (χ1) is 15.9. The fourth-order valence-corrected chi connectivity index (χ4v) is 4.05. The molecule has 33 heavy (non-hydrogen) atoms. The molecule has 172 valence electrons. The first kappa shape index (κ1) is 22.3. The molecule has 0 aliphatic heterocycles. The molecular formula is C25H28N4O4. The van der Waals surface area contributed by atoms with E-state index in [2.05, 4.69) is 28.0 Å². The Morgan fingerprint density at radius 1 is 1.03 bits per heavy atom. The lowest BCUT2D eigenvalue weighted by atomic mass is 10.1. The fraction of sp³-hybridized carbons (Fsp3) is 0.280. The van der Waals surface area contributed by atoms with Gasteiger partial charge in [0.05, 0.1) is 39.8 Å². The second-order valence-electron chi connectivity index (χ2n) is 7.86. The van der Waals surface area contributed by atoms with Crippen molar-refractivity contribution in [2.75, 3.05) is 26.2 Å². The number of amides is 1. The monoisotopic (exact) mass is 448 g/mol. The summed E-state index contributed by atoms with van der Waals surface area (Å²) in [4.78, 5) is 15.3. The number of aryl methyl sites for hydroxylation is 2. The van der Waals surface area contributed by atoms with Crippen molar-refractivity contribution in [3.8, 4) is 17.2 Å². The fourth-order valence-electron chi connectivity index (χ4n) is 4.05. The zero-order valence-electron chi connectivity index (χ0n) is 19.5. The molecule has 4 rings (SSSR count). The number of nitrogens with zero attached hydrogens (tertiary/aromatic N) is 4. The summed E-state index contributed by atoms with van der Waals surface area (Å²) in [5, 5.41) is 5.38. The van der Waals surface area contributed by atoms with Crippen LogP contribution in [-0.4, -0.2) is 41.6 Å². The molecule has 8 nitrogen and oxygen atoms in total. The summed E-state index contributed by atoms with van der Waals surface area (Å²) in [7, 11) is 6.68. The largest absolute Gasteiger partial charge is 0.493 e. The van der Waals surface area contributed by atoms with Gasteiger partial charge >= 0.3 is 0 Å². The smallest absolute Gasteiger partial charge is 0.249 e. The van der Waals surface area contributed by atoms with Crippen molar-refractivity contribution in [1.29, 1.82) is 0 Å². The third-order valence-electron chi connectivity index (χ3n) is 5.63. The summed E-state index contributed by atoms with van der Waals surface area (Å²) >= 11 is 0. The van der Waals surface area contributed by atoms with E-state index in [4.69, 9.17) is 14.2 Å². The zero-order chi connectivity index (χ0) is 23.5. The van der Waals surface area contributed by atoms with E-state index in [1.807, 2.05) is 32.3 Å². The number of carbonyl (C=O) groups is 1. The summed E-state index contributed by atoms with van der Waals surface area (Å²) in [6, 6.07) is 11.7. The summed E-state index contributed by atoms with van der Waals surface area (Å²) in [5.74, 6) is 1.33. The molecule has 0 unspecified atom stereocenters. The van der Waals surface area contributed by atoms with Gasteiger partial charge in [-0.15, -0.1) is 0 Å². The topological polar surface area (TPSA) is 70.8 Å². The van der Waals surface area contributed by atoms with Gasteiger partial charge in [-0.1, -0.05) is 18.2 Å². The Labute approximate surface area is 192 Å². The van der Waals surface area contributed by atoms with Gasteiger partial charge in [0.15, 0.2) is 11.5 Å². The minimum atomic E-state index is -0.111. The number of anilines is 1. The second kappa shape index (κ2) is 9.28. The number of aromatic nitrogens is 3. The van der Waals surface area contributed by atoms with Gasteiger partial charge in [0.1, 0.15) is 6.54 Å². The van der Waals surface area contributed by atoms with Crippen LogP contribution in [0.2, 0.25) is 0 Å². The number of para-hydroxylation sites is 1. The van der Waals surface area contributed by atoms with Crippen molar-refractivity contribution in [2.45, 2.75) is 20.0 Å². The number of carbonyl (C=O) groups excluding carboxylic acids is 1. The number of fused-ring (bicyclic) bond motifs is 1. The van der Waals surface area contributed by atoms with Crippen LogP contribution in [0.4, 0.5) is 5.69 Å². The molecule has 8 heteroatoms. The highest BCUT2D eigenvalue weighted by Gasteiger charge is 2.23. The molecule has 2 aromatic heterocycles. The lowest BCUT2D eigenvalue weighted by Crippen LogP contribution is -2.33. The van der Waals surface area contributed by atoms with Gasteiger partial charge in [0, 0.05) is 42.5 Å². The number of benzene rings is 2. The van der Waals surface area contributed by atoms with Crippen molar-refractivity contribution < 1.29 is 19.0 Å². The van der Waals surface area contributed by atoms with Gasteiger partial charge in [-0.3, -0.25) is 9.48 Å². The molecule has 4 aromatic rings. The average molecular weight is 449 g/mol. The van der Waals surface area contributed by atoms with Crippen LogP contribution >= 0.6 is 0 Å². The van der Waals surface area contributed by atoms with E-state index in [0.717, 1.165) is 22.0 Å². The van der Waals surface area contributed by atoms with E-state index in [9.17, 15) is 4.79 Å². The molecule has 0 spiro atoms. The highest BCUT2D eigenvalue weighted by molar-refractivity contribution is 5.95. The van der Waals surface area contributed by atoms with E-state index in [0.29, 0.717) is 29.5 Å². The Bertz CT molecular complexity index is 1270. The van der Waals surface area contributed by atoms with Crippen LogP contribution in [-0.2, 0) is 24.9 Å². The highest BCUT2D eigenvalue weighted by atomic mass is 16.5. The molecule has 0 aliphatic rings. The van der Waals surface area contributed by atoms with E-state index in [1.54, 1.807) is 49.2 Å². The average Bonchev–Trinajstić information content (AvgIpc) is 3.38. The molecule has 0 fully saturated rings. The van der Waals surface area contributed by atoms with E-state index in [1.165, 1.54) is 0 Å². The summed E-state index contributed by atoms with van der Waals surface area (Å²) in [6.07, 6.45) is 5.64. The molecule has 0 saturated heterocycles. The minimum Gasteiger partial charge on any atom is -0.493 e. The van der Waals surface area contributed by atoms with Crippen molar-refractivity contribution in [3.63, 3.8) is 0 Å². The van der Waals surface area contributed by atoms with Gasteiger partial charge in [-0.05, 0) is 24.1 Å². The molecule has 2 aromatic carbocycles. The number of methoxy groups -OCH3 is 3. The summed E-state index contributed by atoms with van der Waals surface area (Å²) in [6.45, 7) is 2.43. The van der Waals surface area contributed by atoms with E-state index < -0.39 is 0 Å². The molecule has 0 radical (unpaired) electrons. The van der Waals surface area contributed by atoms with Crippen LogP contribution in [0.15, 0.2) is 55.0 Å². The van der Waals surface area contributed by atoms with Crippen LogP contribution in [0.5, 0.6) is 17.2 Å². The predicted octanol–water partition coefficient (Wildman–Crippen LogP) is 3.94. The standard InChI is InChI=1S/C25H28N4O4/c1-17-12-26-28(13-17)16-24(30)29(15-18-14-27(2)21-9-7-6-8-20(18)21)19-10-22(31-3)25(33-5)23(11-19)32-4/h6-14H,15-16H2,1-5H3. The van der Waals surface area contributed by atoms with Crippen LogP contribution in [0.3, 0.4) is 0 Å². The number of hydrogen-bond donors (Lipinski definition) is 0. The first-order valence-electron chi connectivity index (χ1n) is 10.6. The third-order valence-corrected chi connectivity index (χ3v) is 5.63. The van der Waals surface area contributed by atoms with Gasteiger partial charge in [-0.2, -0.15) is 5.10 Å². The van der Waals surface area contributed by atoms with Crippen molar-refractivity contribution in [3.05, 3.63) is 66.1 Å². The molecule has 0 atom stereocenters. The number of rotatable bonds is 8. The van der Waals surface area contributed by atoms with Crippen molar-refractivity contribution in [1.82, 2.24) is 14.3 Å². The molecule has 0 bridgehead atoms. The summed E-state index contributed by atoms with van der Waals surface area (Å²) in [5.41, 5.74) is 3.78. The Morgan fingerprint density at radius 2 is 1.73 bits per heavy atom. The van der Waals surface area contributed by atoms with Gasteiger partial charge in [0.2, 0.25) is 11.7 Å². The van der Waals surface area contributed by atoms with Crippen molar-refractivity contribution in [2.24, 2.45) is 7.05 Å². The highest BCUT2D eigenvalue weighted by Crippen LogP contribution is 2.41. The SMILES string of the molecule is COc1cc(N(Cc2cn(C)c3ccccc23)C(=O)Cn2cc(C)cn2)cc(OC)c1OC. The quantitative estimate of drug-likeness (QED) is 0.408. The molecule has 0 N–H and O–H groups in total. The maximum Gasteiger partial charge on any atom is 0.249 e.